The number of hydrogen-bond donors (Lipinski definition) is 0. The maximum atomic E-state index is 4.39. The lowest BCUT2D eigenvalue weighted by atomic mass is 10.2. The van der Waals surface area contributed by atoms with E-state index in [1.54, 1.807) is 0 Å². The molecule has 12 heavy (non-hydrogen) atoms. The molecule has 0 radical (unpaired) electrons. The molecule has 0 fully saturated rings. The van der Waals surface area contributed by atoms with E-state index in [0.717, 1.165) is 6.42 Å². The van der Waals surface area contributed by atoms with Gasteiger partial charge < -0.3 is 0 Å². The Hall–Kier alpha value is -1.11. The van der Waals surface area contributed by atoms with Gasteiger partial charge in [-0.05, 0) is 18.9 Å². The SMILES string of the molecule is CC[C@H](C)/N=C/c1ccccc1. The standard InChI is InChI=1S/C11H15N/c1-3-10(2)12-9-11-7-5-4-6-8-11/h4-10H,3H2,1-2H3/b12-9+/t10-/m0/s1. The zero-order valence-electron chi connectivity index (χ0n) is 7.70. The maximum absolute atomic E-state index is 4.39. The number of hydrogen-bond acceptors (Lipinski definition) is 1. The van der Waals surface area contributed by atoms with Crippen LogP contribution in [-0.4, -0.2) is 12.3 Å². The van der Waals surface area contributed by atoms with Gasteiger partial charge in [-0.2, -0.15) is 0 Å². The van der Waals surface area contributed by atoms with Gasteiger partial charge in [0.05, 0.1) is 0 Å². The molecule has 1 heteroatoms. The van der Waals surface area contributed by atoms with Gasteiger partial charge in [-0.15, -0.1) is 0 Å². The molecule has 0 N–H and O–H groups in total. The summed E-state index contributed by atoms with van der Waals surface area (Å²) in [5.41, 5.74) is 1.18. The van der Waals surface area contributed by atoms with Gasteiger partial charge in [0.25, 0.3) is 0 Å². The van der Waals surface area contributed by atoms with Gasteiger partial charge in [-0.1, -0.05) is 37.3 Å². The van der Waals surface area contributed by atoms with Crippen molar-refractivity contribution in [2.24, 2.45) is 4.99 Å². The molecule has 0 spiro atoms. The molecule has 0 bridgehead atoms. The fraction of sp³-hybridized carbons (Fsp3) is 0.364. The Bertz CT molecular complexity index is 238. The van der Waals surface area contributed by atoms with Crippen LogP contribution in [0.2, 0.25) is 0 Å². The van der Waals surface area contributed by atoms with Crippen LogP contribution in [0.3, 0.4) is 0 Å². The van der Waals surface area contributed by atoms with E-state index in [-0.39, 0.29) is 0 Å². The second-order valence-corrected chi connectivity index (χ2v) is 2.95. The number of nitrogens with zero attached hydrogens (tertiary/aromatic N) is 1. The molecular formula is C11H15N. The quantitative estimate of drug-likeness (QED) is 0.604. The van der Waals surface area contributed by atoms with Gasteiger partial charge in [0, 0.05) is 12.3 Å². The molecule has 0 heterocycles. The molecule has 0 aliphatic heterocycles. The van der Waals surface area contributed by atoms with E-state index in [0.29, 0.717) is 6.04 Å². The molecule has 0 aliphatic carbocycles. The maximum Gasteiger partial charge on any atom is 0.0469 e. The molecule has 1 aromatic rings. The fourth-order valence-corrected chi connectivity index (χ4v) is 0.858. The molecule has 0 unspecified atom stereocenters. The Morgan fingerprint density at radius 1 is 1.33 bits per heavy atom. The summed E-state index contributed by atoms with van der Waals surface area (Å²) in [4.78, 5) is 4.39. The highest BCUT2D eigenvalue weighted by molar-refractivity contribution is 5.79. The summed E-state index contributed by atoms with van der Waals surface area (Å²) in [6, 6.07) is 10.6. The lowest BCUT2D eigenvalue weighted by molar-refractivity contribution is 0.720. The summed E-state index contributed by atoms with van der Waals surface area (Å²) in [6.45, 7) is 4.27. The third-order valence-corrected chi connectivity index (χ3v) is 1.87. The summed E-state index contributed by atoms with van der Waals surface area (Å²) in [5, 5.41) is 0. The summed E-state index contributed by atoms with van der Waals surface area (Å²) < 4.78 is 0. The minimum absolute atomic E-state index is 0.435. The van der Waals surface area contributed by atoms with Crippen LogP contribution in [0.1, 0.15) is 25.8 Å². The normalized spacial score (nSPS) is 13.5. The Morgan fingerprint density at radius 2 is 2.00 bits per heavy atom. The third-order valence-electron chi connectivity index (χ3n) is 1.87. The monoisotopic (exact) mass is 161 g/mol. The van der Waals surface area contributed by atoms with Crippen molar-refractivity contribution in [3.8, 4) is 0 Å². The zero-order chi connectivity index (χ0) is 8.81. The van der Waals surface area contributed by atoms with Crippen LogP contribution < -0.4 is 0 Å². The van der Waals surface area contributed by atoms with Crippen LogP contribution in [-0.2, 0) is 0 Å². The molecule has 64 valence electrons. The highest BCUT2D eigenvalue weighted by Crippen LogP contribution is 1.98. The molecule has 0 saturated heterocycles. The molecule has 0 saturated carbocycles. The van der Waals surface area contributed by atoms with Gasteiger partial charge in [0.1, 0.15) is 0 Å². The van der Waals surface area contributed by atoms with Crippen LogP contribution in [0.25, 0.3) is 0 Å². The lowest BCUT2D eigenvalue weighted by Crippen LogP contribution is -1.94. The molecule has 0 aromatic heterocycles. The van der Waals surface area contributed by atoms with Crippen molar-refractivity contribution in [1.29, 1.82) is 0 Å². The first-order valence-electron chi connectivity index (χ1n) is 4.41. The van der Waals surface area contributed by atoms with Crippen molar-refractivity contribution >= 4 is 6.21 Å². The van der Waals surface area contributed by atoms with E-state index >= 15 is 0 Å². The van der Waals surface area contributed by atoms with Crippen molar-refractivity contribution in [1.82, 2.24) is 0 Å². The minimum atomic E-state index is 0.435. The fourth-order valence-electron chi connectivity index (χ4n) is 0.858. The molecule has 1 aromatic carbocycles. The predicted molar refractivity (Wildman–Crippen MR) is 53.8 cm³/mol. The van der Waals surface area contributed by atoms with Gasteiger partial charge >= 0.3 is 0 Å². The zero-order valence-corrected chi connectivity index (χ0v) is 7.70. The molecule has 1 atom stereocenters. The summed E-state index contributed by atoms with van der Waals surface area (Å²) in [6.07, 6.45) is 3.04. The molecule has 0 amide bonds. The summed E-state index contributed by atoms with van der Waals surface area (Å²) in [5.74, 6) is 0. The second-order valence-electron chi connectivity index (χ2n) is 2.95. The van der Waals surface area contributed by atoms with Crippen molar-refractivity contribution in [3.05, 3.63) is 35.9 Å². The van der Waals surface area contributed by atoms with Crippen molar-refractivity contribution < 1.29 is 0 Å². The van der Waals surface area contributed by atoms with E-state index < -0.39 is 0 Å². The largest absolute Gasteiger partial charge is 0.290 e. The van der Waals surface area contributed by atoms with Crippen LogP contribution in [0.4, 0.5) is 0 Å². The number of benzene rings is 1. The molecule has 0 aliphatic rings. The average Bonchev–Trinajstić information content (AvgIpc) is 2.16. The van der Waals surface area contributed by atoms with E-state index in [9.17, 15) is 0 Å². The Kier molecular flexibility index (Phi) is 3.52. The first-order valence-corrected chi connectivity index (χ1v) is 4.41. The van der Waals surface area contributed by atoms with Gasteiger partial charge in [-0.3, -0.25) is 4.99 Å². The van der Waals surface area contributed by atoms with E-state index in [2.05, 4.69) is 31.0 Å². The van der Waals surface area contributed by atoms with Crippen LogP contribution in [0.15, 0.2) is 35.3 Å². The molecule has 1 nitrogen and oxygen atoms in total. The average molecular weight is 161 g/mol. The Morgan fingerprint density at radius 3 is 2.58 bits per heavy atom. The highest BCUT2D eigenvalue weighted by Gasteiger charge is 1.90. The Labute approximate surface area is 74.2 Å². The molecule has 1 rings (SSSR count). The van der Waals surface area contributed by atoms with Crippen LogP contribution >= 0.6 is 0 Å². The van der Waals surface area contributed by atoms with Gasteiger partial charge in [-0.25, -0.2) is 0 Å². The topological polar surface area (TPSA) is 12.4 Å². The lowest BCUT2D eigenvalue weighted by Gasteiger charge is -1.99. The van der Waals surface area contributed by atoms with Crippen LogP contribution in [0, 0.1) is 0 Å². The predicted octanol–water partition coefficient (Wildman–Crippen LogP) is 2.90. The van der Waals surface area contributed by atoms with E-state index in [1.165, 1.54) is 5.56 Å². The first-order chi connectivity index (χ1) is 5.83. The molecular weight excluding hydrogens is 146 g/mol. The first kappa shape index (κ1) is 8.98. The van der Waals surface area contributed by atoms with Crippen molar-refractivity contribution in [3.63, 3.8) is 0 Å². The second kappa shape index (κ2) is 4.70. The van der Waals surface area contributed by atoms with Crippen molar-refractivity contribution in [2.75, 3.05) is 0 Å². The van der Waals surface area contributed by atoms with Gasteiger partial charge in [0.2, 0.25) is 0 Å². The summed E-state index contributed by atoms with van der Waals surface area (Å²) >= 11 is 0. The smallest absolute Gasteiger partial charge is 0.0469 e. The van der Waals surface area contributed by atoms with E-state index in [4.69, 9.17) is 0 Å². The van der Waals surface area contributed by atoms with E-state index in [1.807, 2.05) is 24.4 Å². The van der Waals surface area contributed by atoms with Gasteiger partial charge in [0.15, 0.2) is 0 Å². The highest BCUT2D eigenvalue weighted by atomic mass is 14.7. The van der Waals surface area contributed by atoms with Crippen molar-refractivity contribution in [2.45, 2.75) is 26.3 Å². The number of aliphatic imine (C=N–C) groups is 1. The Balaban J connectivity index is 2.58. The minimum Gasteiger partial charge on any atom is -0.290 e. The van der Waals surface area contributed by atoms with Crippen LogP contribution in [0.5, 0.6) is 0 Å². The third kappa shape index (κ3) is 2.87. The number of rotatable bonds is 3. The summed E-state index contributed by atoms with van der Waals surface area (Å²) in [7, 11) is 0.